The van der Waals surface area contributed by atoms with Crippen LogP contribution in [0.25, 0.3) is 0 Å². The lowest BCUT2D eigenvalue weighted by Gasteiger charge is -2.16. The number of benzene rings is 2. The van der Waals surface area contributed by atoms with E-state index in [1.807, 2.05) is 38.1 Å². The number of carbonyl (C=O) groups is 1. The van der Waals surface area contributed by atoms with Crippen molar-refractivity contribution in [2.75, 3.05) is 26.0 Å². The maximum atomic E-state index is 13.4. The molecule has 0 saturated heterocycles. The van der Waals surface area contributed by atoms with Crippen LogP contribution in [-0.4, -0.2) is 31.5 Å². The number of ether oxygens (including phenoxy) is 1. The zero-order valence-electron chi connectivity index (χ0n) is 14.3. The second-order valence-corrected chi connectivity index (χ2v) is 5.98. The molecule has 0 spiro atoms. The van der Waals surface area contributed by atoms with Crippen molar-refractivity contribution in [3.63, 3.8) is 0 Å². The van der Waals surface area contributed by atoms with E-state index in [1.165, 1.54) is 6.07 Å². The Labute approximate surface area is 142 Å². The molecule has 0 bridgehead atoms. The van der Waals surface area contributed by atoms with Gasteiger partial charge in [-0.15, -0.1) is 0 Å². The number of aryl methyl sites for hydroxylation is 1. The predicted molar refractivity (Wildman–Crippen MR) is 93.7 cm³/mol. The van der Waals surface area contributed by atoms with E-state index in [-0.39, 0.29) is 24.7 Å². The van der Waals surface area contributed by atoms with Gasteiger partial charge in [-0.2, -0.15) is 0 Å². The minimum Gasteiger partial charge on any atom is -0.490 e. The molecule has 0 fully saturated rings. The zero-order valence-corrected chi connectivity index (χ0v) is 14.3. The van der Waals surface area contributed by atoms with E-state index in [0.717, 1.165) is 23.4 Å². The van der Waals surface area contributed by atoms with Gasteiger partial charge in [-0.3, -0.25) is 4.79 Å². The molecule has 1 N–H and O–H groups in total. The summed E-state index contributed by atoms with van der Waals surface area (Å²) in [6.45, 7) is 2.89. The summed E-state index contributed by atoms with van der Waals surface area (Å²) in [5, 5.41) is 2.90. The fourth-order valence-electron chi connectivity index (χ4n) is 2.34. The molecule has 1 amide bonds. The highest BCUT2D eigenvalue weighted by molar-refractivity contribution is 5.91. The summed E-state index contributed by atoms with van der Waals surface area (Å²) >= 11 is 0. The van der Waals surface area contributed by atoms with Gasteiger partial charge in [0.1, 0.15) is 0 Å². The van der Waals surface area contributed by atoms with Gasteiger partial charge in [0.25, 0.3) is 0 Å². The molecule has 0 radical (unpaired) electrons. The molecule has 2 rings (SSSR count). The molecular weight excluding hydrogens is 307 g/mol. The van der Waals surface area contributed by atoms with Gasteiger partial charge in [0.2, 0.25) is 5.91 Å². The topological polar surface area (TPSA) is 41.6 Å². The van der Waals surface area contributed by atoms with Crippen molar-refractivity contribution >= 4 is 11.6 Å². The van der Waals surface area contributed by atoms with Crippen LogP contribution in [0.2, 0.25) is 0 Å². The Morgan fingerprint density at radius 2 is 1.96 bits per heavy atom. The molecule has 0 heterocycles. The molecule has 4 nitrogen and oxygen atoms in total. The van der Waals surface area contributed by atoms with E-state index in [9.17, 15) is 9.18 Å². The van der Waals surface area contributed by atoms with Crippen LogP contribution in [0, 0.1) is 12.7 Å². The summed E-state index contributed by atoms with van der Waals surface area (Å²) in [5.41, 5.74) is 3.00. The average molecular weight is 330 g/mol. The Morgan fingerprint density at radius 1 is 1.21 bits per heavy atom. The summed E-state index contributed by atoms with van der Waals surface area (Å²) < 4.78 is 18.8. The summed E-state index contributed by atoms with van der Waals surface area (Å²) in [6, 6.07) is 12.1. The van der Waals surface area contributed by atoms with Gasteiger partial charge in [-0.05, 0) is 44.8 Å². The lowest BCUT2D eigenvalue weighted by Crippen LogP contribution is -2.18. The van der Waals surface area contributed by atoms with Gasteiger partial charge in [0.15, 0.2) is 11.6 Å². The monoisotopic (exact) mass is 330 g/mol. The maximum Gasteiger partial charge on any atom is 0.227 e. The van der Waals surface area contributed by atoms with E-state index in [1.54, 1.807) is 18.2 Å². The Balaban J connectivity index is 1.91. The number of nitrogens with one attached hydrogen (secondary N) is 1. The first-order valence-corrected chi connectivity index (χ1v) is 7.87. The number of anilines is 1. The molecule has 24 heavy (non-hydrogen) atoms. The number of carbonyl (C=O) groups excluding carboxylic acids is 1. The Hall–Kier alpha value is -2.40. The van der Waals surface area contributed by atoms with Crippen molar-refractivity contribution < 1.29 is 13.9 Å². The van der Waals surface area contributed by atoms with Crippen LogP contribution in [0.15, 0.2) is 42.5 Å². The van der Waals surface area contributed by atoms with Crippen LogP contribution in [0.4, 0.5) is 10.1 Å². The molecule has 0 saturated carbocycles. The molecule has 0 atom stereocenters. The van der Waals surface area contributed by atoms with E-state index in [2.05, 4.69) is 11.4 Å². The van der Waals surface area contributed by atoms with Gasteiger partial charge in [0, 0.05) is 12.2 Å². The van der Waals surface area contributed by atoms with Gasteiger partial charge in [-0.25, -0.2) is 4.39 Å². The Bertz CT molecular complexity index is 702. The van der Waals surface area contributed by atoms with Crippen LogP contribution in [0.3, 0.4) is 0 Å². The highest BCUT2D eigenvalue weighted by Gasteiger charge is 2.09. The number of rotatable bonds is 7. The third-order valence-corrected chi connectivity index (χ3v) is 3.44. The lowest BCUT2D eigenvalue weighted by atomic mass is 10.1. The van der Waals surface area contributed by atoms with Crippen molar-refractivity contribution in [2.24, 2.45) is 0 Å². The first-order chi connectivity index (χ1) is 11.5. The van der Waals surface area contributed by atoms with Gasteiger partial charge in [-0.1, -0.05) is 29.8 Å². The number of halogens is 1. The molecule has 2 aromatic rings. The van der Waals surface area contributed by atoms with Gasteiger partial charge >= 0.3 is 0 Å². The largest absolute Gasteiger partial charge is 0.490 e. The molecule has 5 heteroatoms. The third kappa shape index (κ3) is 5.35. The second-order valence-electron chi connectivity index (χ2n) is 5.98. The standard InChI is InChI=1S/C19H23FN2O2/c1-14-8-9-17(15(12-14)13-22(2)3)21-19(23)10-11-24-18-7-5-4-6-16(18)20/h4-9,12H,10-11,13H2,1-3H3,(H,21,23). The van der Waals surface area contributed by atoms with Crippen LogP contribution < -0.4 is 10.1 Å². The number of hydrogen-bond acceptors (Lipinski definition) is 3. The van der Waals surface area contributed by atoms with Gasteiger partial charge < -0.3 is 15.0 Å². The summed E-state index contributed by atoms with van der Waals surface area (Å²) in [6.07, 6.45) is 0.156. The van der Waals surface area contributed by atoms with Crippen molar-refractivity contribution in [2.45, 2.75) is 19.9 Å². The molecule has 0 aliphatic carbocycles. The molecule has 128 valence electrons. The first-order valence-electron chi connectivity index (χ1n) is 7.87. The molecule has 0 aliphatic rings. The van der Waals surface area contributed by atoms with E-state index >= 15 is 0 Å². The minimum atomic E-state index is -0.426. The third-order valence-electron chi connectivity index (χ3n) is 3.44. The van der Waals surface area contributed by atoms with Crippen LogP contribution in [0.1, 0.15) is 17.5 Å². The van der Waals surface area contributed by atoms with Crippen LogP contribution >= 0.6 is 0 Å². The summed E-state index contributed by atoms with van der Waals surface area (Å²) in [5.74, 6) is -0.422. The Morgan fingerprint density at radius 3 is 2.67 bits per heavy atom. The zero-order chi connectivity index (χ0) is 17.5. The first kappa shape index (κ1) is 17.9. The second kappa shape index (κ2) is 8.45. The average Bonchev–Trinajstić information content (AvgIpc) is 2.51. The smallest absolute Gasteiger partial charge is 0.227 e. The Kier molecular flexibility index (Phi) is 6.32. The fourth-order valence-corrected chi connectivity index (χ4v) is 2.34. The van der Waals surface area contributed by atoms with Crippen molar-refractivity contribution in [1.29, 1.82) is 0 Å². The van der Waals surface area contributed by atoms with E-state index in [0.29, 0.717) is 0 Å². The molecule has 0 aliphatic heterocycles. The maximum absolute atomic E-state index is 13.4. The number of para-hydroxylation sites is 1. The quantitative estimate of drug-likeness (QED) is 0.843. The predicted octanol–water partition coefficient (Wildman–Crippen LogP) is 3.60. The fraction of sp³-hybridized carbons (Fsp3) is 0.316. The summed E-state index contributed by atoms with van der Waals surface area (Å²) in [4.78, 5) is 14.2. The van der Waals surface area contributed by atoms with Gasteiger partial charge in [0.05, 0.1) is 13.0 Å². The van der Waals surface area contributed by atoms with Crippen LogP contribution in [0.5, 0.6) is 5.75 Å². The number of nitrogens with zero attached hydrogens (tertiary/aromatic N) is 1. The van der Waals surface area contributed by atoms with Crippen molar-refractivity contribution in [3.05, 3.63) is 59.4 Å². The highest BCUT2D eigenvalue weighted by Crippen LogP contribution is 2.19. The number of hydrogen-bond donors (Lipinski definition) is 1. The van der Waals surface area contributed by atoms with E-state index < -0.39 is 5.82 Å². The number of amides is 1. The molecule has 0 aromatic heterocycles. The highest BCUT2D eigenvalue weighted by atomic mass is 19.1. The SMILES string of the molecule is Cc1ccc(NC(=O)CCOc2ccccc2F)c(CN(C)C)c1. The van der Waals surface area contributed by atoms with Crippen LogP contribution in [-0.2, 0) is 11.3 Å². The van der Waals surface area contributed by atoms with E-state index in [4.69, 9.17) is 4.74 Å². The molecule has 0 unspecified atom stereocenters. The minimum absolute atomic E-state index is 0.127. The summed E-state index contributed by atoms with van der Waals surface area (Å²) in [7, 11) is 3.96. The lowest BCUT2D eigenvalue weighted by molar-refractivity contribution is -0.116. The molecule has 2 aromatic carbocycles. The van der Waals surface area contributed by atoms with Crippen molar-refractivity contribution in [1.82, 2.24) is 4.90 Å². The normalized spacial score (nSPS) is 10.7. The molecular formula is C19H23FN2O2. The van der Waals surface area contributed by atoms with Crippen molar-refractivity contribution in [3.8, 4) is 5.75 Å².